The lowest BCUT2D eigenvalue weighted by molar-refractivity contribution is 1.25. The number of nitrogens with zero attached hydrogens (tertiary/aromatic N) is 2. The number of aryl methyl sites for hydroxylation is 1. The third-order valence-electron chi connectivity index (χ3n) is 3.05. The van der Waals surface area contributed by atoms with Gasteiger partial charge in [-0.2, -0.15) is 5.10 Å². The Bertz CT molecular complexity index is 559. The molecule has 0 fully saturated rings. The monoisotopic (exact) mass is 239 g/mol. The molecule has 0 aliphatic heterocycles. The number of hydrogen-bond acceptors (Lipinski definition) is 3. The highest BCUT2D eigenvalue weighted by molar-refractivity contribution is 5.98. The van der Waals surface area contributed by atoms with Crippen molar-refractivity contribution in [3.05, 3.63) is 59.4 Å². The molecule has 2 aromatic rings. The van der Waals surface area contributed by atoms with Crippen LogP contribution >= 0.6 is 0 Å². The van der Waals surface area contributed by atoms with Crippen molar-refractivity contribution in [2.24, 2.45) is 5.10 Å². The highest BCUT2D eigenvalue weighted by Gasteiger charge is 2.00. The summed E-state index contributed by atoms with van der Waals surface area (Å²) in [4.78, 5) is 4.00. The van der Waals surface area contributed by atoms with Crippen LogP contribution in [0.4, 0.5) is 5.69 Å². The van der Waals surface area contributed by atoms with Gasteiger partial charge in [0.2, 0.25) is 0 Å². The fourth-order valence-corrected chi connectivity index (χ4v) is 1.67. The number of pyridine rings is 1. The van der Waals surface area contributed by atoms with Crippen LogP contribution in [0.5, 0.6) is 0 Å². The SMILES string of the molecule is CC(=NNc1cccc(C)c1C)c1ccncc1. The lowest BCUT2D eigenvalue weighted by Crippen LogP contribution is -2.01. The maximum absolute atomic E-state index is 4.41. The summed E-state index contributed by atoms with van der Waals surface area (Å²) in [6.45, 7) is 6.17. The van der Waals surface area contributed by atoms with Crippen molar-refractivity contribution in [1.29, 1.82) is 0 Å². The van der Waals surface area contributed by atoms with E-state index in [9.17, 15) is 0 Å². The van der Waals surface area contributed by atoms with E-state index in [-0.39, 0.29) is 0 Å². The van der Waals surface area contributed by atoms with E-state index in [2.05, 4.69) is 35.4 Å². The number of rotatable bonds is 3. The average molecular weight is 239 g/mol. The summed E-state index contributed by atoms with van der Waals surface area (Å²) in [6, 6.07) is 10.1. The highest BCUT2D eigenvalue weighted by Crippen LogP contribution is 2.18. The van der Waals surface area contributed by atoms with E-state index >= 15 is 0 Å². The Morgan fingerprint density at radius 2 is 1.83 bits per heavy atom. The molecular weight excluding hydrogens is 222 g/mol. The quantitative estimate of drug-likeness (QED) is 0.657. The number of aromatic nitrogens is 1. The first-order chi connectivity index (χ1) is 8.68. The van der Waals surface area contributed by atoms with Gasteiger partial charge in [0.05, 0.1) is 11.4 Å². The van der Waals surface area contributed by atoms with Gasteiger partial charge in [0.25, 0.3) is 0 Å². The van der Waals surface area contributed by atoms with Crippen LogP contribution in [0.25, 0.3) is 0 Å². The van der Waals surface area contributed by atoms with E-state index in [1.165, 1.54) is 11.1 Å². The van der Waals surface area contributed by atoms with Crippen LogP contribution in [0.15, 0.2) is 47.8 Å². The van der Waals surface area contributed by atoms with Crippen molar-refractivity contribution in [3.8, 4) is 0 Å². The summed E-state index contributed by atoms with van der Waals surface area (Å²) in [5.74, 6) is 0. The van der Waals surface area contributed by atoms with Crippen molar-refractivity contribution >= 4 is 11.4 Å². The summed E-state index contributed by atoms with van der Waals surface area (Å²) >= 11 is 0. The molecule has 1 aromatic carbocycles. The largest absolute Gasteiger partial charge is 0.278 e. The Morgan fingerprint density at radius 3 is 2.56 bits per heavy atom. The number of benzene rings is 1. The predicted octanol–water partition coefficient (Wildman–Crippen LogP) is 3.53. The minimum absolute atomic E-state index is 0.943. The van der Waals surface area contributed by atoms with Crippen LogP contribution in [-0.4, -0.2) is 10.7 Å². The van der Waals surface area contributed by atoms with E-state index in [0.717, 1.165) is 17.0 Å². The van der Waals surface area contributed by atoms with Crippen LogP contribution in [0.1, 0.15) is 23.6 Å². The van der Waals surface area contributed by atoms with Gasteiger partial charge in [-0.3, -0.25) is 10.4 Å². The van der Waals surface area contributed by atoms with Crippen molar-refractivity contribution in [2.45, 2.75) is 20.8 Å². The first kappa shape index (κ1) is 12.3. The molecule has 2 rings (SSSR count). The third-order valence-corrected chi connectivity index (χ3v) is 3.05. The van der Waals surface area contributed by atoms with E-state index < -0.39 is 0 Å². The normalized spacial score (nSPS) is 11.4. The molecular formula is C15H17N3. The molecule has 0 radical (unpaired) electrons. The minimum atomic E-state index is 0.943. The Kier molecular flexibility index (Phi) is 3.72. The Hall–Kier alpha value is -2.16. The minimum Gasteiger partial charge on any atom is -0.278 e. The molecule has 0 amide bonds. The van der Waals surface area contributed by atoms with Crippen LogP contribution in [-0.2, 0) is 0 Å². The fraction of sp³-hybridized carbons (Fsp3) is 0.200. The molecule has 1 aromatic heterocycles. The van der Waals surface area contributed by atoms with E-state index in [1.54, 1.807) is 12.4 Å². The van der Waals surface area contributed by atoms with Crippen LogP contribution < -0.4 is 5.43 Å². The molecule has 0 spiro atoms. The summed E-state index contributed by atoms with van der Waals surface area (Å²) in [5.41, 5.74) is 8.67. The Morgan fingerprint density at radius 1 is 1.11 bits per heavy atom. The third kappa shape index (κ3) is 2.74. The summed E-state index contributed by atoms with van der Waals surface area (Å²) in [7, 11) is 0. The van der Waals surface area contributed by atoms with Crippen molar-refractivity contribution in [3.63, 3.8) is 0 Å². The zero-order chi connectivity index (χ0) is 13.0. The van der Waals surface area contributed by atoms with E-state index in [0.29, 0.717) is 0 Å². The van der Waals surface area contributed by atoms with Crippen molar-refractivity contribution in [2.75, 3.05) is 5.43 Å². The number of anilines is 1. The zero-order valence-electron chi connectivity index (χ0n) is 10.9. The predicted molar refractivity (Wildman–Crippen MR) is 76.0 cm³/mol. The average Bonchev–Trinajstić information content (AvgIpc) is 2.41. The second kappa shape index (κ2) is 5.45. The van der Waals surface area contributed by atoms with Gasteiger partial charge >= 0.3 is 0 Å². The van der Waals surface area contributed by atoms with Gasteiger partial charge in [-0.1, -0.05) is 12.1 Å². The van der Waals surface area contributed by atoms with Gasteiger partial charge in [-0.15, -0.1) is 0 Å². The zero-order valence-corrected chi connectivity index (χ0v) is 10.9. The second-order valence-electron chi connectivity index (χ2n) is 4.29. The lowest BCUT2D eigenvalue weighted by atomic mass is 10.1. The maximum Gasteiger partial charge on any atom is 0.0649 e. The fourth-order valence-electron chi connectivity index (χ4n) is 1.67. The molecule has 1 N–H and O–H groups in total. The summed E-state index contributed by atoms with van der Waals surface area (Å²) in [6.07, 6.45) is 3.54. The molecule has 3 heteroatoms. The van der Waals surface area contributed by atoms with Gasteiger partial charge < -0.3 is 0 Å². The first-order valence-electron chi connectivity index (χ1n) is 5.95. The molecule has 18 heavy (non-hydrogen) atoms. The van der Waals surface area contributed by atoms with Crippen molar-refractivity contribution in [1.82, 2.24) is 4.98 Å². The highest BCUT2D eigenvalue weighted by atomic mass is 15.3. The molecule has 0 unspecified atom stereocenters. The standard InChI is InChI=1S/C15H17N3/c1-11-5-4-6-15(12(11)2)18-17-13(3)14-7-9-16-10-8-14/h4-10,18H,1-3H3. The molecule has 3 nitrogen and oxygen atoms in total. The smallest absolute Gasteiger partial charge is 0.0649 e. The number of hydrazone groups is 1. The molecule has 0 atom stereocenters. The molecule has 92 valence electrons. The summed E-state index contributed by atoms with van der Waals surface area (Å²) in [5, 5.41) is 4.41. The first-order valence-corrected chi connectivity index (χ1v) is 5.95. The molecule has 0 bridgehead atoms. The van der Waals surface area contributed by atoms with Crippen LogP contribution in [0.3, 0.4) is 0 Å². The lowest BCUT2D eigenvalue weighted by Gasteiger charge is -2.08. The van der Waals surface area contributed by atoms with Gasteiger partial charge in [0.1, 0.15) is 0 Å². The van der Waals surface area contributed by atoms with Gasteiger partial charge in [0, 0.05) is 18.0 Å². The van der Waals surface area contributed by atoms with Gasteiger partial charge in [0.15, 0.2) is 0 Å². The second-order valence-corrected chi connectivity index (χ2v) is 4.29. The van der Waals surface area contributed by atoms with Gasteiger partial charge in [-0.25, -0.2) is 0 Å². The van der Waals surface area contributed by atoms with E-state index in [1.807, 2.05) is 31.2 Å². The Labute approximate surface area is 108 Å². The van der Waals surface area contributed by atoms with E-state index in [4.69, 9.17) is 0 Å². The Balaban J connectivity index is 2.18. The maximum atomic E-state index is 4.41. The molecule has 0 aliphatic carbocycles. The number of hydrogen-bond donors (Lipinski definition) is 1. The molecule has 0 saturated heterocycles. The molecule has 0 saturated carbocycles. The van der Waals surface area contributed by atoms with Crippen LogP contribution in [0, 0.1) is 13.8 Å². The number of nitrogens with one attached hydrogen (secondary N) is 1. The van der Waals surface area contributed by atoms with Crippen molar-refractivity contribution < 1.29 is 0 Å². The molecule has 0 aliphatic rings. The summed E-state index contributed by atoms with van der Waals surface area (Å²) < 4.78 is 0. The van der Waals surface area contributed by atoms with Gasteiger partial charge in [-0.05, 0) is 50.1 Å². The molecule has 1 heterocycles. The van der Waals surface area contributed by atoms with Crippen LogP contribution in [0.2, 0.25) is 0 Å². The topological polar surface area (TPSA) is 37.3 Å².